The summed E-state index contributed by atoms with van der Waals surface area (Å²) in [7, 11) is -1.87. The molecular weight excluding hydrogens is 371 g/mol. The van der Waals surface area contributed by atoms with Crippen molar-refractivity contribution >= 4 is 30.1 Å². The lowest BCUT2D eigenvalue weighted by molar-refractivity contribution is -0.385. The summed E-state index contributed by atoms with van der Waals surface area (Å²) in [5, 5.41) is 41.2. The van der Waals surface area contributed by atoms with E-state index in [1.165, 1.54) is 0 Å². The van der Waals surface area contributed by atoms with Crippen molar-refractivity contribution in [3.8, 4) is 0 Å². The molecule has 0 fully saturated rings. The largest absolute Gasteiger partial charge is 0.488 e. The zero-order valence-corrected chi connectivity index (χ0v) is 16.3. The molecule has 4 N–H and O–H groups in total. The third-order valence-electron chi connectivity index (χ3n) is 4.01. The lowest BCUT2D eigenvalue weighted by Gasteiger charge is -2.29. The van der Waals surface area contributed by atoms with Gasteiger partial charge in [0, 0.05) is 18.2 Å². The first-order valence-electron chi connectivity index (χ1n) is 8.57. The third-order valence-corrected chi connectivity index (χ3v) is 4.01. The van der Waals surface area contributed by atoms with Crippen LogP contribution in [0.25, 0.3) is 0 Å². The maximum Gasteiger partial charge on any atom is 0.488 e. The fourth-order valence-corrected chi connectivity index (χ4v) is 2.49. The third kappa shape index (κ3) is 7.26. The summed E-state index contributed by atoms with van der Waals surface area (Å²) in [4.78, 5) is 33.8. The van der Waals surface area contributed by atoms with Gasteiger partial charge in [-0.25, -0.2) is 0 Å². The lowest BCUT2D eigenvalue weighted by Crippen LogP contribution is -2.45. The van der Waals surface area contributed by atoms with Crippen LogP contribution in [-0.2, 0) is 9.53 Å². The Morgan fingerprint density at radius 3 is 2.36 bits per heavy atom. The van der Waals surface area contributed by atoms with Crippen LogP contribution in [0.1, 0.15) is 50.9 Å². The van der Waals surface area contributed by atoms with Crippen molar-refractivity contribution in [2.24, 2.45) is 0 Å². The molecule has 11 heteroatoms. The number of carbonyl (C=O) groups is 2. The summed E-state index contributed by atoms with van der Waals surface area (Å²) < 4.78 is 5.57. The average molecular weight is 396 g/mol. The maximum atomic E-state index is 12.6. The number of rotatable bonds is 10. The Hall–Kier alpha value is -2.50. The Bertz CT molecular complexity index is 749. The highest BCUT2D eigenvalue weighted by Gasteiger charge is 2.29. The first kappa shape index (κ1) is 23.5. The van der Waals surface area contributed by atoms with Crippen LogP contribution >= 0.6 is 0 Å². The number of ether oxygens (including phenoxy) is 1. The Morgan fingerprint density at radius 1 is 1.25 bits per heavy atom. The number of carboxylic acid groups (broad SMARTS) is 1. The number of hydrogen-bond donors (Lipinski definition) is 4. The topological polar surface area (TPSA) is 159 Å². The number of nitrogens with one attached hydrogen (secondary N) is 1. The van der Waals surface area contributed by atoms with Gasteiger partial charge in [0.1, 0.15) is 5.56 Å². The van der Waals surface area contributed by atoms with E-state index < -0.39 is 40.7 Å². The molecule has 0 heterocycles. The van der Waals surface area contributed by atoms with Crippen LogP contribution in [0.4, 0.5) is 5.69 Å². The minimum absolute atomic E-state index is 0.0488. The van der Waals surface area contributed by atoms with Crippen LogP contribution in [0, 0.1) is 10.1 Å². The van der Waals surface area contributed by atoms with E-state index in [4.69, 9.17) is 9.84 Å². The van der Waals surface area contributed by atoms with Crippen molar-refractivity contribution in [2.45, 2.75) is 51.7 Å². The number of carbonyl (C=O) groups excluding carboxylic acids is 1. The molecule has 0 bridgehead atoms. The first-order valence-corrected chi connectivity index (χ1v) is 8.57. The average Bonchev–Trinajstić information content (AvgIpc) is 2.51. The molecule has 0 saturated heterocycles. The van der Waals surface area contributed by atoms with Gasteiger partial charge in [0.15, 0.2) is 0 Å². The molecule has 0 aliphatic carbocycles. The van der Waals surface area contributed by atoms with E-state index >= 15 is 0 Å². The molecular formula is C17H25BN2O8. The highest BCUT2D eigenvalue weighted by molar-refractivity contribution is 6.58. The molecule has 0 spiro atoms. The molecule has 0 saturated carbocycles. The van der Waals surface area contributed by atoms with Gasteiger partial charge < -0.3 is 25.2 Å². The van der Waals surface area contributed by atoms with Gasteiger partial charge in [-0.15, -0.1) is 0 Å². The van der Waals surface area contributed by atoms with E-state index in [9.17, 15) is 29.8 Å². The van der Waals surface area contributed by atoms with Crippen molar-refractivity contribution in [3.05, 3.63) is 33.9 Å². The fraction of sp³-hybridized carbons (Fsp3) is 0.529. The van der Waals surface area contributed by atoms with E-state index in [1.807, 2.05) is 0 Å². The van der Waals surface area contributed by atoms with Crippen LogP contribution in [0.3, 0.4) is 0 Å². The lowest BCUT2D eigenvalue weighted by atomic mass is 9.79. The van der Waals surface area contributed by atoms with E-state index in [0.29, 0.717) is 6.42 Å². The maximum absolute atomic E-state index is 12.6. The van der Waals surface area contributed by atoms with Crippen LogP contribution in [0.5, 0.6) is 0 Å². The molecule has 28 heavy (non-hydrogen) atoms. The van der Waals surface area contributed by atoms with Gasteiger partial charge in [-0.3, -0.25) is 19.7 Å². The van der Waals surface area contributed by atoms with Gasteiger partial charge in [-0.2, -0.15) is 0 Å². The number of nitro groups is 1. The van der Waals surface area contributed by atoms with E-state index in [1.54, 1.807) is 27.7 Å². The molecule has 1 amide bonds. The van der Waals surface area contributed by atoms with Crippen molar-refractivity contribution in [2.75, 3.05) is 6.61 Å². The van der Waals surface area contributed by atoms with Crippen molar-refractivity contribution < 1.29 is 34.4 Å². The number of hydrogen-bond acceptors (Lipinski definition) is 7. The molecule has 1 aromatic rings. The zero-order valence-electron chi connectivity index (χ0n) is 16.3. The van der Waals surface area contributed by atoms with Gasteiger partial charge in [-0.05, 0) is 45.6 Å². The summed E-state index contributed by atoms with van der Waals surface area (Å²) in [5.41, 5.74) is -2.51. The molecule has 0 atom stereocenters. The summed E-state index contributed by atoms with van der Waals surface area (Å²) in [5.74, 6) is -1.74. The minimum atomic E-state index is -1.87. The second-order valence-electron chi connectivity index (χ2n) is 7.67. The first-order chi connectivity index (χ1) is 12.7. The van der Waals surface area contributed by atoms with Crippen molar-refractivity contribution in [1.82, 2.24) is 5.32 Å². The molecule has 0 aromatic heterocycles. The van der Waals surface area contributed by atoms with E-state index in [2.05, 4.69) is 5.32 Å². The van der Waals surface area contributed by atoms with E-state index in [0.717, 1.165) is 18.2 Å². The summed E-state index contributed by atoms with van der Waals surface area (Å²) in [6, 6.07) is 3.25. The Morgan fingerprint density at radius 2 is 1.86 bits per heavy atom. The predicted molar refractivity (Wildman–Crippen MR) is 101 cm³/mol. The second kappa shape index (κ2) is 9.13. The van der Waals surface area contributed by atoms with Crippen LogP contribution < -0.4 is 10.8 Å². The summed E-state index contributed by atoms with van der Waals surface area (Å²) >= 11 is 0. The molecule has 0 unspecified atom stereocenters. The number of carboxylic acids is 1. The van der Waals surface area contributed by atoms with E-state index in [-0.39, 0.29) is 24.1 Å². The molecule has 0 aliphatic rings. The Kier molecular flexibility index (Phi) is 7.68. The van der Waals surface area contributed by atoms with Gasteiger partial charge in [0.2, 0.25) is 0 Å². The van der Waals surface area contributed by atoms with Crippen molar-refractivity contribution in [1.29, 1.82) is 0 Å². The number of aliphatic carboxylic acids is 1. The minimum Gasteiger partial charge on any atom is -0.481 e. The van der Waals surface area contributed by atoms with Gasteiger partial charge in [0.25, 0.3) is 11.6 Å². The normalized spacial score (nSPS) is 11.8. The smallest absolute Gasteiger partial charge is 0.481 e. The standard InChI is InChI=1S/C17H25BN2O8/c1-16(2,7-8-28-17(3,4)10-14(21)22)19-15(23)12-9-11(18(24)25)5-6-13(12)20(26)27/h5-6,9,24-25H,7-8,10H2,1-4H3,(H,19,23)(H,21,22). The molecule has 0 radical (unpaired) electrons. The fourth-order valence-electron chi connectivity index (χ4n) is 2.49. The molecule has 10 nitrogen and oxygen atoms in total. The quantitative estimate of drug-likeness (QED) is 0.252. The number of amides is 1. The monoisotopic (exact) mass is 396 g/mol. The number of benzene rings is 1. The Balaban J connectivity index is 2.86. The molecule has 154 valence electrons. The summed E-state index contributed by atoms with van der Waals surface area (Å²) in [6.45, 7) is 6.82. The number of nitrogens with zero attached hydrogens (tertiary/aromatic N) is 1. The molecule has 1 rings (SSSR count). The molecule has 1 aromatic carbocycles. The summed E-state index contributed by atoms with van der Waals surface area (Å²) in [6.07, 6.45) is 0.139. The highest BCUT2D eigenvalue weighted by atomic mass is 16.6. The van der Waals surface area contributed by atoms with Gasteiger partial charge in [-0.1, -0.05) is 6.07 Å². The van der Waals surface area contributed by atoms with Crippen molar-refractivity contribution in [3.63, 3.8) is 0 Å². The van der Waals surface area contributed by atoms with Gasteiger partial charge in [0.05, 0.1) is 16.9 Å². The SMILES string of the molecule is CC(C)(CCOC(C)(C)CC(=O)O)NC(=O)c1cc(B(O)O)ccc1[N+](=O)[O-]. The molecule has 0 aliphatic heterocycles. The second-order valence-corrected chi connectivity index (χ2v) is 7.67. The van der Waals surface area contributed by atoms with Crippen LogP contribution in [0.15, 0.2) is 18.2 Å². The predicted octanol–water partition coefficient (Wildman–Crippen LogP) is 0.443. The van der Waals surface area contributed by atoms with Crippen LogP contribution in [-0.4, -0.2) is 56.8 Å². The number of nitro benzene ring substituents is 1. The van der Waals surface area contributed by atoms with Gasteiger partial charge >= 0.3 is 13.1 Å². The Labute approximate surface area is 162 Å². The zero-order chi connectivity index (χ0) is 21.7. The van der Waals surface area contributed by atoms with Crippen LogP contribution in [0.2, 0.25) is 0 Å². The highest BCUT2D eigenvalue weighted by Crippen LogP contribution is 2.20.